The number of nitrogens with one attached hydrogen (secondary N) is 1. The molecule has 0 spiro atoms. The highest BCUT2D eigenvalue weighted by Crippen LogP contribution is 2.34. The zero-order valence-electron chi connectivity index (χ0n) is 17.5. The standard InChI is InChI=1S/C23H27N3O3S/c1-4-13-26-22(27)20-16-7-5-6-8-19(16)30-21(20)25-23(26)24-12-11-15-9-10-17(28-2)18(14-15)29-3/h4,9-10,14H,1,5-8,11-13H2,2-3H3,(H,24,25). The first-order valence-electron chi connectivity index (χ1n) is 10.3. The maximum Gasteiger partial charge on any atom is 0.264 e. The van der Waals surface area contributed by atoms with Crippen LogP contribution < -0.4 is 20.3 Å². The van der Waals surface area contributed by atoms with Crippen LogP contribution in [0.25, 0.3) is 10.2 Å². The Morgan fingerprint density at radius 2 is 2.03 bits per heavy atom. The van der Waals surface area contributed by atoms with Crippen LogP contribution in [0.2, 0.25) is 0 Å². The van der Waals surface area contributed by atoms with Crippen molar-refractivity contribution in [1.29, 1.82) is 0 Å². The van der Waals surface area contributed by atoms with Gasteiger partial charge in [-0.1, -0.05) is 12.1 Å². The summed E-state index contributed by atoms with van der Waals surface area (Å²) in [6, 6.07) is 5.90. The summed E-state index contributed by atoms with van der Waals surface area (Å²) in [6.07, 6.45) is 6.88. The molecule has 6 nitrogen and oxygen atoms in total. The van der Waals surface area contributed by atoms with Crippen molar-refractivity contribution in [3.8, 4) is 11.5 Å². The third kappa shape index (κ3) is 3.81. The number of fused-ring (bicyclic) bond motifs is 3. The number of aromatic nitrogens is 2. The minimum Gasteiger partial charge on any atom is -0.493 e. The highest BCUT2D eigenvalue weighted by molar-refractivity contribution is 7.18. The monoisotopic (exact) mass is 425 g/mol. The fraction of sp³-hybridized carbons (Fsp3) is 0.391. The minimum atomic E-state index is 0.0351. The summed E-state index contributed by atoms with van der Waals surface area (Å²) in [5, 5.41) is 4.17. The van der Waals surface area contributed by atoms with E-state index >= 15 is 0 Å². The lowest BCUT2D eigenvalue weighted by Gasteiger charge is -2.14. The van der Waals surface area contributed by atoms with Crippen molar-refractivity contribution < 1.29 is 9.47 Å². The Hall–Kier alpha value is -2.80. The maximum absolute atomic E-state index is 13.3. The van der Waals surface area contributed by atoms with Crippen molar-refractivity contribution in [1.82, 2.24) is 9.55 Å². The lowest BCUT2D eigenvalue weighted by atomic mass is 9.97. The van der Waals surface area contributed by atoms with Crippen LogP contribution in [-0.2, 0) is 25.8 Å². The van der Waals surface area contributed by atoms with Crippen molar-refractivity contribution in [3.05, 3.63) is 57.2 Å². The summed E-state index contributed by atoms with van der Waals surface area (Å²) in [5.41, 5.74) is 2.37. The Bertz CT molecular complexity index is 1130. The van der Waals surface area contributed by atoms with Crippen molar-refractivity contribution in [2.75, 3.05) is 26.1 Å². The van der Waals surface area contributed by atoms with Gasteiger partial charge in [-0.25, -0.2) is 4.98 Å². The molecule has 7 heteroatoms. The van der Waals surface area contributed by atoms with Crippen molar-refractivity contribution in [2.24, 2.45) is 0 Å². The molecule has 0 fully saturated rings. The number of ether oxygens (including phenoxy) is 2. The number of methoxy groups -OCH3 is 2. The molecule has 1 aromatic carbocycles. The van der Waals surface area contributed by atoms with E-state index in [1.54, 1.807) is 36.2 Å². The van der Waals surface area contributed by atoms with E-state index in [1.165, 1.54) is 16.9 Å². The average molecular weight is 426 g/mol. The molecule has 3 aromatic rings. The zero-order valence-corrected chi connectivity index (χ0v) is 18.3. The van der Waals surface area contributed by atoms with Crippen LogP contribution in [0.1, 0.15) is 28.8 Å². The van der Waals surface area contributed by atoms with Gasteiger partial charge in [0, 0.05) is 18.0 Å². The van der Waals surface area contributed by atoms with Gasteiger partial charge in [0.2, 0.25) is 5.95 Å². The van der Waals surface area contributed by atoms with Gasteiger partial charge >= 0.3 is 0 Å². The SMILES string of the molecule is C=CCn1c(NCCc2ccc(OC)c(OC)c2)nc2sc3c(c2c1=O)CCCC3. The average Bonchev–Trinajstić information content (AvgIpc) is 3.14. The third-order valence-corrected chi connectivity index (χ3v) is 6.72. The molecule has 0 unspecified atom stereocenters. The number of allylic oxidation sites excluding steroid dienone is 1. The molecule has 1 N–H and O–H groups in total. The van der Waals surface area contributed by atoms with Crippen LogP contribution in [0, 0.1) is 0 Å². The maximum atomic E-state index is 13.3. The van der Waals surface area contributed by atoms with Gasteiger partial charge in [-0.3, -0.25) is 9.36 Å². The lowest BCUT2D eigenvalue weighted by molar-refractivity contribution is 0.354. The van der Waals surface area contributed by atoms with Gasteiger partial charge in [0.05, 0.1) is 19.6 Å². The van der Waals surface area contributed by atoms with E-state index in [0.29, 0.717) is 30.5 Å². The van der Waals surface area contributed by atoms with E-state index in [2.05, 4.69) is 11.9 Å². The molecule has 0 amide bonds. The quantitative estimate of drug-likeness (QED) is 0.548. The van der Waals surface area contributed by atoms with Crippen LogP contribution in [0.4, 0.5) is 5.95 Å². The number of rotatable bonds is 8. The van der Waals surface area contributed by atoms with E-state index in [0.717, 1.165) is 41.5 Å². The Balaban J connectivity index is 1.60. The van der Waals surface area contributed by atoms with Gasteiger partial charge in [0.25, 0.3) is 5.56 Å². The number of hydrogen-bond donors (Lipinski definition) is 1. The summed E-state index contributed by atoms with van der Waals surface area (Å²) in [4.78, 5) is 20.3. The molecule has 4 rings (SSSR count). The topological polar surface area (TPSA) is 65.4 Å². The van der Waals surface area contributed by atoms with E-state index < -0.39 is 0 Å². The van der Waals surface area contributed by atoms with E-state index in [9.17, 15) is 4.79 Å². The molecule has 0 atom stereocenters. The smallest absolute Gasteiger partial charge is 0.264 e. The van der Waals surface area contributed by atoms with Crippen LogP contribution in [0.3, 0.4) is 0 Å². The molecule has 0 saturated heterocycles. The molecule has 158 valence electrons. The molecular weight excluding hydrogens is 398 g/mol. The van der Waals surface area contributed by atoms with Crippen molar-refractivity contribution >= 4 is 27.5 Å². The second kappa shape index (κ2) is 8.92. The van der Waals surface area contributed by atoms with Gasteiger partial charge in [-0.05, 0) is 55.4 Å². The fourth-order valence-corrected chi connectivity index (χ4v) is 5.28. The summed E-state index contributed by atoms with van der Waals surface area (Å²) in [6.45, 7) is 4.90. The Morgan fingerprint density at radius 1 is 1.23 bits per heavy atom. The summed E-state index contributed by atoms with van der Waals surface area (Å²) < 4.78 is 12.4. The van der Waals surface area contributed by atoms with Gasteiger partial charge in [-0.2, -0.15) is 0 Å². The van der Waals surface area contributed by atoms with Crippen LogP contribution >= 0.6 is 11.3 Å². The van der Waals surface area contributed by atoms with Gasteiger partial charge < -0.3 is 14.8 Å². The van der Waals surface area contributed by atoms with E-state index in [-0.39, 0.29) is 5.56 Å². The number of benzene rings is 1. The lowest BCUT2D eigenvalue weighted by Crippen LogP contribution is -2.25. The Morgan fingerprint density at radius 3 is 2.80 bits per heavy atom. The number of thiophene rings is 1. The predicted molar refractivity (Wildman–Crippen MR) is 122 cm³/mol. The first-order valence-corrected chi connectivity index (χ1v) is 11.1. The number of anilines is 1. The summed E-state index contributed by atoms with van der Waals surface area (Å²) in [7, 11) is 3.26. The molecule has 2 heterocycles. The van der Waals surface area contributed by atoms with Gasteiger partial charge in [0.1, 0.15) is 4.83 Å². The first kappa shape index (κ1) is 20.5. The van der Waals surface area contributed by atoms with Crippen molar-refractivity contribution in [2.45, 2.75) is 38.6 Å². The summed E-state index contributed by atoms with van der Waals surface area (Å²) >= 11 is 1.67. The first-order chi connectivity index (χ1) is 14.7. The Labute approximate surface area is 180 Å². The minimum absolute atomic E-state index is 0.0351. The second-order valence-corrected chi connectivity index (χ2v) is 8.48. The number of nitrogens with zero attached hydrogens (tertiary/aromatic N) is 2. The molecule has 0 bridgehead atoms. The molecule has 0 aliphatic heterocycles. The molecule has 30 heavy (non-hydrogen) atoms. The number of hydrogen-bond acceptors (Lipinski definition) is 6. The van der Waals surface area contributed by atoms with Gasteiger partial charge in [0.15, 0.2) is 11.5 Å². The van der Waals surface area contributed by atoms with E-state index in [1.807, 2.05) is 18.2 Å². The predicted octanol–water partition coefficient (Wildman–Crippen LogP) is 4.19. The Kier molecular flexibility index (Phi) is 6.08. The number of aryl methyl sites for hydroxylation is 2. The highest BCUT2D eigenvalue weighted by atomic mass is 32.1. The normalized spacial score (nSPS) is 13.1. The fourth-order valence-electron chi connectivity index (χ4n) is 4.03. The molecule has 0 radical (unpaired) electrons. The molecule has 0 saturated carbocycles. The van der Waals surface area contributed by atoms with Crippen molar-refractivity contribution in [3.63, 3.8) is 0 Å². The largest absolute Gasteiger partial charge is 0.493 e. The molecule has 2 aromatic heterocycles. The zero-order chi connectivity index (χ0) is 21.1. The molecule has 1 aliphatic rings. The van der Waals surface area contributed by atoms with Gasteiger partial charge in [-0.15, -0.1) is 17.9 Å². The highest BCUT2D eigenvalue weighted by Gasteiger charge is 2.21. The third-order valence-electron chi connectivity index (χ3n) is 5.53. The second-order valence-electron chi connectivity index (χ2n) is 7.40. The van der Waals surface area contributed by atoms with Crippen LogP contribution in [0.5, 0.6) is 11.5 Å². The van der Waals surface area contributed by atoms with Crippen LogP contribution in [0.15, 0.2) is 35.6 Å². The molecule has 1 aliphatic carbocycles. The van der Waals surface area contributed by atoms with Crippen LogP contribution in [-0.4, -0.2) is 30.3 Å². The molecular formula is C23H27N3O3S. The van der Waals surface area contributed by atoms with E-state index in [4.69, 9.17) is 14.5 Å². The summed E-state index contributed by atoms with van der Waals surface area (Å²) in [5.74, 6) is 2.02.